The summed E-state index contributed by atoms with van der Waals surface area (Å²) in [5.41, 5.74) is 9.94. The van der Waals surface area contributed by atoms with Gasteiger partial charge in [-0.2, -0.15) is 0 Å². The fourth-order valence-electron chi connectivity index (χ4n) is 3.92. The van der Waals surface area contributed by atoms with Crippen LogP contribution in [0.4, 0.5) is 0 Å². The quantitative estimate of drug-likeness (QED) is 0.402. The van der Waals surface area contributed by atoms with Crippen LogP contribution in [0.3, 0.4) is 0 Å². The van der Waals surface area contributed by atoms with Crippen molar-refractivity contribution in [2.75, 3.05) is 7.11 Å². The number of rotatable bonds is 11. The first kappa shape index (κ1) is 22.9. The fraction of sp³-hybridized carbons (Fsp3) is 0.480. The summed E-state index contributed by atoms with van der Waals surface area (Å²) in [4.78, 5) is 24.2. The number of ketones is 1. The number of benzene rings is 1. The van der Waals surface area contributed by atoms with Crippen molar-refractivity contribution < 1.29 is 9.53 Å². The molecule has 0 aliphatic carbocycles. The molecule has 0 aliphatic rings. The lowest BCUT2D eigenvalue weighted by atomic mass is 9.89. The predicted molar refractivity (Wildman–Crippen MR) is 125 cm³/mol. The molecule has 0 bridgehead atoms. The molecule has 0 aliphatic heterocycles. The number of fused-ring (bicyclic) bond motifs is 1. The summed E-state index contributed by atoms with van der Waals surface area (Å²) >= 11 is 0. The number of ether oxygens (including phenoxy) is 1. The Bertz CT molecular complexity index is 1040. The summed E-state index contributed by atoms with van der Waals surface area (Å²) in [5, 5.41) is 1.05. The van der Waals surface area contributed by atoms with Gasteiger partial charge in [0.05, 0.1) is 30.1 Å². The van der Waals surface area contributed by atoms with E-state index in [2.05, 4.69) is 34.0 Å². The van der Waals surface area contributed by atoms with Crippen molar-refractivity contribution in [3.05, 3.63) is 42.0 Å². The van der Waals surface area contributed by atoms with Crippen LogP contribution in [0.1, 0.15) is 70.3 Å². The van der Waals surface area contributed by atoms with E-state index in [1.807, 2.05) is 32.2 Å². The van der Waals surface area contributed by atoms with Gasteiger partial charge in [-0.1, -0.05) is 32.8 Å². The number of Topliss-reactive ketones (excluding diaryl/α,β-unsaturated/α-hetero) is 1. The Morgan fingerprint density at radius 2 is 2.00 bits per heavy atom. The Hall–Kier alpha value is -2.73. The Morgan fingerprint density at radius 1 is 1.19 bits per heavy atom. The van der Waals surface area contributed by atoms with Crippen molar-refractivity contribution in [2.24, 2.45) is 5.73 Å². The molecular weight excluding hydrogens is 388 g/mol. The molecule has 0 amide bonds. The summed E-state index contributed by atoms with van der Waals surface area (Å²) in [5.74, 6) is 1.87. The average Bonchev–Trinajstić information content (AvgIpc) is 3.28. The molecule has 0 saturated heterocycles. The fourth-order valence-corrected chi connectivity index (χ4v) is 3.92. The van der Waals surface area contributed by atoms with E-state index < -0.39 is 5.54 Å². The van der Waals surface area contributed by atoms with Gasteiger partial charge < -0.3 is 15.5 Å². The van der Waals surface area contributed by atoms with Crippen molar-refractivity contribution in [2.45, 2.75) is 71.3 Å². The number of nitrogens with two attached hydrogens (primary N) is 1. The molecule has 1 unspecified atom stereocenters. The van der Waals surface area contributed by atoms with E-state index >= 15 is 0 Å². The minimum Gasteiger partial charge on any atom is -0.496 e. The molecule has 0 fully saturated rings. The van der Waals surface area contributed by atoms with Crippen LogP contribution in [0, 0.1) is 6.92 Å². The van der Waals surface area contributed by atoms with Crippen molar-refractivity contribution in [3.63, 3.8) is 0 Å². The molecule has 0 spiro atoms. The highest BCUT2D eigenvalue weighted by Gasteiger charge is 2.28. The second kappa shape index (κ2) is 10.1. The monoisotopic (exact) mass is 422 g/mol. The number of H-pyrrole nitrogens is 1. The number of nitrogens with zero attached hydrogens (tertiary/aromatic N) is 2. The zero-order valence-corrected chi connectivity index (χ0v) is 19.1. The van der Waals surface area contributed by atoms with Crippen molar-refractivity contribution in [1.82, 2.24) is 15.0 Å². The van der Waals surface area contributed by atoms with Gasteiger partial charge in [0.15, 0.2) is 0 Å². The molecule has 6 nitrogen and oxygen atoms in total. The number of methoxy groups -OCH3 is 1. The van der Waals surface area contributed by atoms with Gasteiger partial charge in [-0.3, -0.25) is 9.78 Å². The molecule has 3 N–H and O–H groups in total. The number of carbonyl (C=O) groups is 1. The third kappa shape index (κ3) is 5.31. The first-order chi connectivity index (χ1) is 14.9. The van der Waals surface area contributed by atoms with Crippen LogP contribution >= 0.6 is 0 Å². The first-order valence-electron chi connectivity index (χ1n) is 11.2. The van der Waals surface area contributed by atoms with E-state index in [4.69, 9.17) is 10.5 Å². The van der Waals surface area contributed by atoms with Gasteiger partial charge in [0, 0.05) is 35.6 Å². The Labute approximate surface area is 184 Å². The molecule has 2 heterocycles. The highest BCUT2D eigenvalue weighted by atomic mass is 16.5. The Kier molecular flexibility index (Phi) is 7.44. The van der Waals surface area contributed by atoms with Gasteiger partial charge in [-0.15, -0.1) is 0 Å². The minimum absolute atomic E-state index is 0.333. The molecule has 2 aromatic heterocycles. The molecule has 166 valence electrons. The number of aromatic nitrogens is 3. The van der Waals surface area contributed by atoms with Gasteiger partial charge in [0.25, 0.3) is 0 Å². The van der Waals surface area contributed by atoms with Gasteiger partial charge in [0.2, 0.25) is 0 Å². The maximum atomic E-state index is 11.5. The molecule has 0 saturated carbocycles. The topological polar surface area (TPSA) is 93.9 Å². The molecule has 6 heteroatoms. The van der Waals surface area contributed by atoms with Gasteiger partial charge >= 0.3 is 0 Å². The summed E-state index contributed by atoms with van der Waals surface area (Å²) < 4.78 is 5.64. The van der Waals surface area contributed by atoms with E-state index in [1.165, 1.54) is 0 Å². The Balaban J connectivity index is 1.79. The maximum absolute atomic E-state index is 11.5. The van der Waals surface area contributed by atoms with Crippen LogP contribution in [0.15, 0.2) is 30.5 Å². The summed E-state index contributed by atoms with van der Waals surface area (Å²) in [6, 6.07) is 8.12. The van der Waals surface area contributed by atoms with Gasteiger partial charge in [-0.05, 0) is 38.3 Å². The summed E-state index contributed by atoms with van der Waals surface area (Å²) in [6.45, 7) is 5.99. The second-order valence-electron chi connectivity index (χ2n) is 8.31. The number of aromatic amines is 1. The highest BCUT2D eigenvalue weighted by molar-refractivity contribution is 5.87. The molecule has 3 rings (SSSR count). The van der Waals surface area contributed by atoms with E-state index in [0.717, 1.165) is 71.5 Å². The SMILES string of the molecule is CCC(=O)CCCCCC(N)(CC)c1ncc(-c2cc3ccc(C)nc3cc2OC)[nH]1. The average molecular weight is 423 g/mol. The predicted octanol–water partition coefficient (Wildman–Crippen LogP) is 5.44. The number of hydrogen-bond donors (Lipinski definition) is 2. The number of aryl methyl sites for hydroxylation is 1. The Morgan fingerprint density at radius 3 is 2.71 bits per heavy atom. The number of hydrogen-bond acceptors (Lipinski definition) is 5. The third-order valence-corrected chi connectivity index (χ3v) is 6.09. The van der Waals surface area contributed by atoms with Crippen LogP contribution in [-0.4, -0.2) is 27.8 Å². The van der Waals surface area contributed by atoms with Gasteiger partial charge in [-0.25, -0.2) is 4.98 Å². The first-order valence-corrected chi connectivity index (χ1v) is 11.2. The van der Waals surface area contributed by atoms with E-state index in [9.17, 15) is 4.79 Å². The zero-order valence-electron chi connectivity index (χ0n) is 19.1. The highest BCUT2D eigenvalue weighted by Crippen LogP contribution is 2.35. The zero-order chi connectivity index (χ0) is 22.4. The maximum Gasteiger partial charge on any atom is 0.132 e. The largest absolute Gasteiger partial charge is 0.496 e. The molecule has 0 radical (unpaired) electrons. The van der Waals surface area contributed by atoms with Crippen LogP contribution in [-0.2, 0) is 10.3 Å². The molecule has 1 atom stereocenters. The van der Waals surface area contributed by atoms with E-state index in [-0.39, 0.29) is 0 Å². The van der Waals surface area contributed by atoms with Crippen LogP contribution in [0.5, 0.6) is 5.75 Å². The van der Waals surface area contributed by atoms with Crippen LogP contribution < -0.4 is 10.5 Å². The molecule has 31 heavy (non-hydrogen) atoms. The molecule has 3 aromatic rings. The summed E-state index contributed by atoms with van der Waals surface area (Å²) in [6.07, 6.45) is 7.64. The lowest BCUT2D eigenvalue weighted by Crippen LogP contribution is -2.37. The standard InChI is InChI=1S/C25H34N4O2/c1-5-19(30)10-8-7-9-13-25(26,6-2)24-27-16-22(29-24)20-14-18-12-11-17(3)28-21(18)15-23(20)31-4/h11-12,14-16H,5-10,13,26H2,1-4H3,(H,27,29). The third-order valence-electron chi connectivity index (χ3n) is 6.09. The van der Waals surface area contributed by atoms with Crippen LogP contribution in [0.25, 0.3) is 22.2 Å². The second-order valence-corrected chi connectivity index (χ2v) is 8.31. The number of nitrogens with one attached hydrogen (secondary N) is 1. The number of unbranched alkanes of at least 4 members (excludes halogenated alkanes) is 2. The lowest BCUT2D eigenvalue weighted by molar-refractivity contribution is -0.118. The number of carbonyl (C=O) groups excluding carboxylic acids is 1. The van der Waals surface area contributed by atoms with Crippen molar-refractivity contribution in [1.29, 1.82) is 0 Å². The molecule has 1 aromatic carbocycles. The van der Waals surface area contributed by atoms with Gasteiger partial charge in [0.1, 0.15) is 17.4 Å². The number of imidazole rings is 1. The normalized spacial score (nSPS) is 13.3. The van der Waals surface area contributed by atoms with Crippen molar-refractivity contribution >= 4 is 16.7 Å². The van der Waals surface area contributed by atoms with Crippen molar-refractivity contribution in [3.8, 4) is 17.0 Å². The minimum atomic E-state index is -0.518. The van der Waals surface area contributed by atoms with Crippen LogP contribution in [0.2, 0.25) is 0 Å². The lowest BCUT2D eigenvalue weighted by Gasteiger charge is -2.26. The molecular formula is C25H34N4O2. The summed E-state index contributed by atoms with van der Waals surface area (Å²) in [7, 11) is 1.67. The number of pyridine rings is 1. The van der Waals surface area contributed by atoms with E-state index in [1.54, 1.807) is 7.11 Å². The smallest absolute Gasteiger partial charge is 0.132 e. The van der Waals surface area contributed by atoms with E-state index in [0.29, 0.717) is 18.6 Å².